The normalized spacial score (nSPS) is 10.1. The highest BCUT2D eigenvalue weighted by Crippen LogP contribution is 2.30. The Balaban J connectivity index is 2.27. The van der Waals surface area contributed by atoms with Crippen LogP contribution < -0.4 is 4.74 Å². The Labute approximate surface area is 102 Å². The van der Waals surface area contributed by atoms with E-state index in [0.717, 1.165) is 10.0 Å². The Morgan fingerprint density at radius 1 is 1.19 bits per heavy atom. The van der Waals surface area contributed by atoms with Crippen LogP contribution in [0.15, 0.2) is 41.0 Å². The van der Waals surface area contributed by atoms with Crippen molar-refractivity contribution in [2.45, 2.75) is 6.92 Å². The van der Waals surface area contributed by atoms with Gasteiger partial charge in [0, 0.05) is 6.20 Å². The van der Waals surface area contributed by atoms with Crippen LogP contribution in [0.5, 0.6) is 17.4 Å². The molecule has 1 N–H and O–H groups in total. The molecular weight excluding hydrogens is 270 g/mol. The Bertz CT molecular complexity index is 497. The summed E-state index contributed by atoms with van der Waals surface area (Å²) in [6.07, 6.45) is 1.69. The van der Waals surface area contributed by atoms with Crippen LogP contribution >= 0.6 is 15.9 Å². The molecule has 4 heteroatoms. The summed E-state index contributed by atoms with van der Waals surface area (Å²) in [4.78, 5) is 4.13. The fourth-order valence-corrected chi connectivity index (χ4v) is 1.53. The van der Waals surface area contributed by atoms with Crippen LogP contribution in [-0.2, 0) is 0 Å². The monoisotopic (exact) mass is 279 g/mol. The van der Waals surface area contributed by atoms with Gasteiger partial charge in [0.1, 0.15) is 11.5 Å². The molecule has 0 aliphatic heterocycles. The summed E-state index contributed by atoms with van der Waals surface area (Å²) in [5.41, 5.74) is 1.06. The number of hydrogen-bond donors (Lipinski definition) is 1. The number of phenolic OH excluding ortho intramolecular Hbond substituents is 1. The number of aromatic nitrogens is 1. The van der Waals surface area contributed by atoms with Gasteiger partial charge in [-0.2, -0.15) is 0 Å². The molecule has 0 spiro atoms. The van der Waals surface area contributed by atoms with E-state index >= 15 is 0 Å². The number of hydrogen-bond acceptors (Lipinski definition) is 3. The summed E-state index contributed by atoms with van der Waals surface area (Å²) in [6.45, 7) is 1.97. The Kier molecular flexibility index (Phi) is 3.10. The van der Waals surface area contributed by atoms with E-state index < -0.39 is 0 Å². The van der Waals surface area contributed by atoms with Crippen molar-refractivity contribution in [1.29, 1.82) is 0 Å². The van der Waals surface area contributed by atoms with Crippen LogP contribution in [0.4, 0.5) is 0 Å². The Hall–Kier alpha value is -1.55. The Morgan fingerprint density at radius 3 is 2.56 bits per heavy atom. The van der Waals surface area contributed by atoms with Crippen molar-refractivity contribution >= 4 is 15.9 Å². The summed E-state index contributed by atoms with van der Waals surface area (Å²) in [7, 11) is 0. The largest absolute Gasteiger partial charge is 0.508 e. The summed E-state index contributed by atoms with van der Waals surface area (Å²) in [6, 6.07) is 8.41. The average molecular weight is 280 g/mol. The fourth-order valence-electron chi connectivity index (χ4n) is 1.21. The standard InChI is InChI=1S/C12H10BrNO2/c1-8-6-7-14-12(11(8)13)16-10-4-2-9(15)3-5-10/h2-7,15H,1H3. The molecule has 1 heterocycles. The molecule has 2 rings (SSSR count). The van der Waals surface area contributed by atoms with Crippen LogP contribution in [0.2, 0.25) is 0 Å². The van der Waals surface area contributed by atoms with Gasteiger partial charge in [-0.3, -0.25) is 0 Å². The second-order valence-corrected chi connectivity index (χ2v) is 4.14. The molecule has 1 aromatic heterocycles. The third-order valence-electron chi connectivity index (χ3n) is 2.10. The zero-order valence-electron chi connectivity index (χ0n) is 8.64. The highest BCUT2D eigenvalue weighted by Gasteiger charge is 2.06. The molecule has 0 radical (unpaired) electrons. The zero-order chi connectivity index (χ0) is 11.5. The molecule has 1 aromatic carbocycles. The first-order chi connectivity index (χ1) is 7.66. The minimum absolute atomic E-state index is 0.212. The first-order valence-corrected chi connectivity index (χ1v) is 5.54. The number of ether oxygens (including phenoxy) is 1. The van der Waals surface area contributed by atoms with Crippen molar-refractivity contribution < 1.29 is 9.84 Å². The first-order valence-electron chi connectivity index (χ1n) is 4.75. The quantitative estimate of drug-likeness (QED) is 0.913. The minimum atomic E-state index is 0.212. The SMILES string of the molecule is Cc1ccnc(Oc2ccc(O)cc2)c1Br. The van der Waals surface area contributed by atoms with Gasteiger partial charge < -0.3 is 9.84 Å². The second kappa shape index (κ2) is 4.53. The molecule has 16 heavy (non-hydrogen) atoms. The van der Waals surface area contributed by atoms with Crippen molar-refractivity contribution in [2.75, 3.05) is 0 Å². The maximum atomic E-state index is 9.14. The number of phenols is 1. The number of aryl methyl sites for hydroxylation is 1. The van der Waals surface area contributed by atoms with Crippen molar-refractivity contribution in [1.82, 2.24) is 4.98 Å². The molecule has 0 atom stereocenters. The lowest BCUT2D eigenvalue weighted by atomic mass is 10.3. The van der Waals surface area contributed by atoms with Gasteiger partial charge in [-0.05, 0) is 58.7 Å². The second-order valence-electron chi connectivity index (χ2n) is 3.34. The van der Waals surface area contributed by atoms with Crippen LogP contribution in [0.25, 0.3) is 0 Å². The van der Waals surface area contributed by atoms with E-state index in [-0.39, 0.29) is 5.75 Å². The molecule has 0 aliphatic carbocycles. The number of benzene rings is 1. The molecular formula is C12H10BrNO2. The van der Waals surface area contributed by atoms with Crippen molar-refractivity contribution in [3.05, 3.63) is 46.6 Å². The van der Waals surface area contributed by atoms with E-state index in [4.69, 9.17) is 9.84 Å². The van der Waals surface area contributed by atoms with Gasteiger partial charge in [0.05, 0.1) is 4.47 Å². The van der Waals surface area contributed by atoms with Crippen molar-refractivity contribution in [3.8, 4) is 17.4 Å². The highest BCUT2D eigenvalue weighted by atomic mass is 79.9. The molecule has 82 valence electrons. The maximum absolute atomic E-state index is 9.14. The predicted molar refractivity (Wildman–Crippen MR) is 64.9 cm³/mol. The molecule has 3 nitrogen and oxygen atoms in total. The van der Waals surface area contributed by atoms with Crippen molar-refractivity contribution in [2.24, 2.45) is 0 Å². The van der Waals surface area contributed by atoms with Gasteiger partial charge >= 0.3 is 0 Å². The fraction of sp³-hybridized carbons (Fsp3) is 0.0833. The smallest absolute Gasteiger partial charge is 0.233 e. The first kappa shape index (κ1) is 11.0. The molecule has 0 bridgehead atoms. The molecule has 0 unspecified atom stereocenters. The third kappa shape index (κ3) is 2.33. The number of nitrogens with zero attached hydrogens (tertiary/aromatic N) is 1. The molecule has 0 amide bonds. The van der Waals surface area contributed by atoms with Crippen LogP contribution in [-0.4, -0.2) is 10.1 Å². The molecule has 0 saturated carbocycles. The summed E-state index contributed by atoms with van der Waals surface area (Å²) in [5.74, 6) is 1.37. The number of pyridine rings is 1. The number of rotatable bonds is 2. The lowest BCUT2D eigenvalue weighted by Crippen LogP contribution is -1.90. The maximum Gasteiger partial charge on any atom is 0.233 e. The predicted octanol–water partition coefficient (Wildman–Crippen LogP) is 3.65. The van der Waals surface area contributed by atoms with Gasteiger partial charge in [0.2, 0.25) is 5.88 Å². The third-order valence-corrected chi connectivity index (χ3v) is 3.07. The zero-order valence-corrected chi connectivity index (χ0v) is 10.2. The lowest BCUT2D eigenvalue weighted by Gasteiger charge is -2.07. The van der Waals surface area contributed by atoms with E-state index in [9.17, 15) is 0 Å². The molecule has 0 fully saturated rings. The van der Waals surface area contributed by atoms with E-state index in [2.05, 4.69) is 20.9 Å². The van der Waals surface area contributed by atoms with Crippen LogP contribution in [0, 0.1) is 6.92 Å². The van der Waals surface area contributed by atoms with Gasteiger partial charge in [0.15, 0.2) is 0 Å². The average Bonchev–Trinajstić information content (AvgIpc) is 2.28. The molecule has 2 aromatic rings. The Morgan fingerprint density at radius 2 is 1.88 bits per heavy atom. The summed E-state index contributed by atoms with van der Waals surface area (Å²) < 4.78 is 6.41. The topological polar surface area (TPSA) is 42.4 Å². The van der Waals surface area contributed by atoms with E-state index in [1.807, 2.05) is 13.0 Å². The van der Waals surface area contributed by atoms with Crippen LogP contribution in [0.1, 0.15) is 5.56 Å². The number of aromatic hydroxyl groups is 1. The van der Waals surface area contributed by atoms with Gasteiger partial charge in [-0.25, -0.2) is 4.98 Å². The van der Waals surface area contributed by atoms with Gasteiger partial charge in [-0.15, -0.1) is 0 Å². The van der Waals surface area contributed by atoms with E-state index in [0.29, 0.717) is 11.6 Å². The highest BCUT2D eigenvalue weighted by molar-refractivity contribution is 9.10. The molecule has 0 aliphatic rings. The van der Waals surface area contributed by atoms with E-state index in [1.54, 1.807) is 30.5 Å². The van der Waals surface area contributed by atoms with Crippen LogP contribution in [0.3, 0.4) is 0 Å². The van der Waals surface area contributed by atoms with E-state index in [1.165, 1.54) is 0 Å². The number of halogens is 1. The molecule has 0 saturated heterocycles. The van der Waals surface area contributed by atoms with Crippen molar-refractivity contribution in [3.63, 3.8) is 0 Å². The summed E-state index contributed by atoms with van der Waals surface area (Å²) >= 11 is 3.42. The van der Waals surface area contributed by atoms with Gasteiger partial charge in [0.25, 0.3) is 0 Å². The summed E-state index contributed by atoms with van der Waals surface area (Å²) in [5, 5.41) is 9.14. The minimum Gasteiger partial charge on any atom is -0.508 e. The lowest BCUT2D eigenvalue weighted by molar-refractivity contribution is 0.451. The van der Waals surface area contributed by atoms with Gasteiger partial charge in [-0.1, -0.05) is 0 Å².